The van der Waals surface area contributed by atoms with E-state index in [0.29, 0.717) is 17.4 Å². The summed E-state index contributed by atoms with van der Waals surface area (Å²) in [5, 5.41) is 0.571. The van der Waals surface area contributed by atoms with Crippen molar-refractivity contribution < 1.29 is 0 Å². The zero-order chi connectivity index (χ0) is 23.0. The number of fused-ring (bicyclic) bond motifs is 1. The van der Waals surface area contributed by atoms with Crippen LogP contribution in [0.4, 0.5) is 5.69 Å². The van der Waals surface area contributed by atoms with Gasteiger partial charge < -0.3 is 9.88 Å². The summed E-state index contributed by atoms with van der Waals surface area (Å²) < 4.78 is 1.34. The third kappa shape index (κ3) is 6.46. The summed E-state index contributed by atoms with van der Waals surface area (Å²) in [6.45, 7) is 7.87. The van der Waals surface area contributed by atoms with E-state index in [0.717, 1.165) is 45.6 Å². The van der Waals surface area contributed by atoms with Gasteiger partial charge >= 0.3 is 5.69 Å². The number of anilines is 1. The van der Waals surface area contributed by atoms with Gasteiger partial charge in [-0.3, -0.25) is 14.3 Å². The third-order valence-corrected chi connectivity index (χ3v) is 7.48. The van der Waals surface area contributed by atoms with Gasteiger partial charge in [0, 0.05) is 37.6 Å². The Morgan fingerprint density at radius 2 is 1.59 bits per heavy atom. The maximum atomic E-state index is 12.7. The van der Waals surface area contributed by atoms with Crippen LogP contribution in [0.15, 0.2) is 63.0 Å². The number of hydrogen-bond donors (Lipinski definition) is 1. The van der Waals surface area contributed by atoms with Crippen LogP contribution in [0.2, 0.25) is 0 Å². The van der Waals surface area contributed by atoms with Gasteiger partial charge in [-0.15, -0.1) is 24.2 Å². The van der Waals surface area contributed by atoms with Gasteiger partial charge in [-0.25, -0.2) is 4.79 Å². The monoisotopic (exact) mass is 502 g/mol. The van der Waals surface area contributed by atoms with Gasteiger partial charge in [0.15, 0.2) is 0 Å². The molecule has 2 aromatic carbocycles. The first kappa shape index (κ1) is 26.4. The van der Waals surface area contributed by atoms with Gasteiger partial charge in [-0.2, -0.15) is 0 Å². The molecule has 0 unspecified atom stereocenters. The molecule has 34 heavy (non-hydrogen) atoms. The Labute approximate surface area is 211 Å². The number of nitrogens with zero attached hydrogens (tertiary/aromatic N) is 3. The van der Waals surface area contributed by atoms with Gasteiger partial charge in [0.05, 0.1) is 16.6 Å². The van der Waals surface area contributed by atoms with Crippen LogP contribution in [0.1, 0.15) is 32.6 Å². The molecule has 0 saturated carbocycles. The zero-order valence-electron chi connectivity index (χ0n) is 19.9. The Morgan fingerprint density at radius 3 is 2.38 bits per heavy atom. The summed E-state index contributed by atoms with van der Waals surface area (Å²) in [6, 6.07) is 16.0. The lowest BCUT2D eigenvalue weighted by Gasteiger charge is -2.37. The van der Waals surface area contributed by atoms with E-state index in [9.17, 15) is 9.59 Å². The van der Waals surface area contributed by atoms with E-state index in [4.69, 9.17) is 0 Å². The van der Waals surface area contributed by atoms with Crippen molar-refractivity contribution in [3.05, 3.63) is 69.4 Å². The zero-order valence-corrected chi connectivity index (χ0v) is 21.5. The summed E-state index contributed by atoms with van der Waals surface area (Å²) in [4.78, 5) is 34.2. The molecule has 2 heterocycles. The molecule has 0 bridgehead atoms. The molecule has 1 aromatic heterocycles. The number of aromatic amines is 1. The van der Waals surface area contributed by atoms with E-state index < -0.39 is 0 Å². The number of aromatic nitrogens is 2. The molecule has 0 aliphatic carbocycles. The molecular formula is C26H35ClN4O2S. The number of para-hydroxylation sites is 2. The molecule has 3 aromatic rings. The molecule has 8 heteroatoms. The van der Waals surface area contributed by atoms with Crippen LogP contribution in [0.3, 0.4) is 0 Å². The number of piperazine rings is 1. The van der Waals surface area contributed by atoms with Crippen LogP contribution in [0.5, 0.6) is 0 Å². The quantitative estimate of drug-likeness (QED) is 0.324. The molecule has 1 fully saturated rings. The lowest BCUT2D eigenvalue weighted by Crippen LogP contribution is -2.46. The van der Waals surface area contributed by atoms with Crippen molar-refractivity contribution in [2.75, 3.05) is 43.4 Å². The van der Waals surface area contributed by atoms with Crippen LogP contribution >= 0.6 is 24.2 Å². The predicted octanol–water partition coefficient (Wildman–Crippen LogP) is 4.61. The number of unbranched alkanes of at least 4 members (excludes halogenated alkanes) is 2. The molecule has 0 radical (unpaired) electrons. The third-order valence-electron chi connectivity index (χ3n) is 6.33. The predicted molar refractivity (Wildman–Crippen MR) is 146 cm³/mol. The van der Waals surface area contributed by atoms with Crippen LogP contribution in [0, 0.1) is 0 Å². The van der Waals surface area contributed by atoms with Gasteiger partial charge in [0.2, 0.25) is 0 Å². The molecule has 1 aliphatic rings. The van der Waals surface area contributed by atoms with E-state index in [1.807, 2.05) is 23.9 Å². The van der Waals surface area contributed by atoms with Gasteiger partial charge in [0.1, 0.15) is 0 Å². The maximum Gasteiger partial charge on any atom is 0.328 e. The fourth-order valence-electron chi connectivity index (χ4n) is 4.39. The Kier molecular flexibility index (Phi) is 10.1. The van der Waals surface area contributed by atoms with Crippen molar-refractivity contribution in [2.45, 2.75) is 44.0 Å². The van der Waals surface area contributed by atoms with E-state index >= 15 is 0 Å². The Balaban J connectivity index is 0.00000324. The topological polar surface area (TPSA) is 61.3 Å². The minimum atomic E-state index is -0.317. The second kappa shape index (κ2) is 13.0. The molecular weight excluding hydrogens is 468 g/mol. The van der Waals surface area contributed by atoms with Crippen LogP contribution < -0.4 is 16.1 Å². The van der Waals surface area contributed by atoms with Crippen molar-refractivity contribution in [3.8, 4) is 0 Å². The lowest BCUT2D eigenvalue weighted by atomic mass is 10.2. The number of H-pyrrole nitrogens is 1. The molecule has 4 rings (SSSR count). The van der Waals surface area contributed by atoms with E-state index in [2.05, 4.69) is 46.0 Å². The van der Waals surface area contributed by atoms with Crippen LogP contribution in [-0.4, -0.2) is 52.9 Å². The largest absolute Gasteiger partial charge is 0.368 e. The van der Waals surface area contributed by atoms with E-state index in [1.54, 1.807) is 12.1 Å². The molecule has 0 spiro atoms. The Bertz CT molecular complexity index is 1170. The number of nitrogens with one attached hydrogen (secondary N) is 1. The van der Waals surface area contributed by atoms with Gasteiger partial charge in [-0.05, 0) is 55.8 Å². The number of benzene rings is 2. The van der Waals surface area contributed by atoms with E-state index in [1.165, 1.54) is 33.7 Å². The maximum absolute atomic E-state index is 12.7. The minimum Gasteiger partial charge on any atom is -0.368 e. The molecule has 1 N–H and O–H groups in total. The highest BCUT2D eigenvalue weighted by Gasteiger charge is 2.19. The average molecular weight is 503 g/mol. The van der Waals surface area contributed by atoms with Crippen LogP contribution in [-0.2, 0) is 6.54 Å². The minimum absolute atomic E-state index is 0. The highest BCUT2D eigenvalue weighted by atomic mass is 35.5. The van der Waals surface area contributed by atoms with Crippen molar-refractivity contribution in [2.24, 2.45) is 0 Å². The summed E-state index contributed by atoms with van der Waals surface area (Å²) in [6.07, 6.45) is 4.28. The SMILES string of the molecule is CCCCSc1ccccc1N1CCN(CCCCn2c(=O)[nH]c3ccccc3c2=O)CC1.Cl. The molecule has 0 amide bonds. The summed E-state index contributed by atoms with van der Waals surface area (Å²) >= 11 is 1.97. The summed E-state index contributed by atoms with van der Waals surface area (Å²) in [5.74, 6) is 1.18. The number of hydrogen-bond acceptors (Lipinski definition) is 5. The summed E-state index contributed by atoms with van der Waals surface area (Å²) in [7, 11) is 0. The van der Waals surface area contributed by atoms with Crippen molar-refractivity contribution in [1.82, 2.24) is 14.5 Å². The highest BCUT2D eigenvalue weighted by Crippen LogP contribution is 2.31. The Hall–Kier alpha value is -2.22. The molecule has 1 aliphatic heterocycles. The van der Waals surface area contributed by atoms with Crippen LogP contribution in [0.25, 0.3) is 10.9 Å². The second-order valence-corrected chi connectivity index (χ2v) is 9.77. The summed E-state index contributed by atoms with van der Waals surface area (Å²) in [5.41, 5.74) is 1.46. The lowest BCUT2D eigenvalue weighted by molar-refractivity contribution is 0.250. The molecule has 6 nitrogen and oxygen atoms in total. The number of rotatable bonds is 10. The Morgan fingerprint density at radius 1 is 0.882 bits per heavy atom. The molecule has 184 valence electrons. The second-order valence-electron chi connectivity index (χ2n) is 8.64. The van der Waals surface area contributed by atoms with Crippen molar-refractivity contribution in [3.63, 3.8) is 0 Å². The first-order valence-corrected chi connectivity index (χ1v) is 13.1. The van der Waals surface area contributed by atoms with Crippen molar-refractivity contribution >= 4 is 40.8 Å². The first-order chi connectivity index (χ1) is 16.2. The fraction of sp³-hybridized carbons (Fsp3) is 0.462. The van der Waals surface area contributed by atoms with E-state index in [-0.39, 0.29) is 23.7 Å². The van der Waals surface area contributed by atoms with Gasteiger partial charge in [-0.1, -0.05) is 37.6 Å². The average Bonchev–Trinajstić information content (AvgIpc) is 2.84. The number of thioether (sulfide) groups is 1. The smallest absolute Gasteiger partial charge is 0.328 e. The highest BCUT2D eigenvalue weighted by molar-refractivity contribution is 7.99. The van der Waals surface area contributed by atoms with Gasteiger partial charge in [0.25, 0.3) is 5.56 Å². The number of halogens is 1. The molecule has 0 atom stereocenters. The first-order valence-electron chi connectivity index (χ1n) is 12.1. The fourth-order valence-corrected chi connectivity index (χ4v) is 5.56. The molecule has 1 saturated heterocycles. The normalized spacial score (nSPS) is 14.3. The van der Waals surface area contributed by atoms with Crippen molar-refractivity contribution in [1.29, 1.82) is 0 Å². The standard InChI is InChI=1S/C26H34N4O2S.ClH/c1-2-3-20-33-24-13-7-6-12-23(24)29-18-16-28(17-19-29)14-8-9-15-30-25(31)21-10-4-5-11-22(21)27-26(30)32;/h4-7,10-13H,2-3,8-9,14-20H2,1H3,(H,27,32);1H.